The molecule has 0 bridgehead atoms. The zero-order valence-electron chi connectivity index (χ0n) is 17.9. The van der Waals surface area contributed by atoms with Gasteiger partial charge in [-0.25, -0.2) is 14.2 Å². The van der Waals surface area contributed by atoms with Crippen LogP contribution in [-0.4, -0.2) is 27.9 Å². The molecule has 0 saturated carbocycles. The van der Waals surface area contributed by atoms with E-state index in [1.54, 1.807) is 13.8 Å². The number of fused-ring (bicyclic) bond motifs is 1. The number of amides is 1. The predicted molar refractivity (Wildman–Crippen MR) is 123 cm³/mol. The number of thiophene rings is 1. The van der Waals surface area contributed by atoms with E-state index in [4.69, 9.17) is 4.74 Å². The molecular weight excluding hydrogens is 429 g/mol. The third-order valence-corrected chi connectivity index (χ3v) is 6.04. The molecule has 0 aliphatic heterocycles. The van der Waals surface area contributed by atoms with Gasteiger partial charge in [-0.3, -0.25) is 9.20 Å². The van der Waals surface area contributed by atoms with Crippen molar-refractivity contribution in [2.75, 3.05) is 11.9 Å². The molecule has 0 aliphatic carbocycles. The minimum Gasteiger partial charge on any atom is -0.462 e. The minimum absolute atomic E-state index is 0.205. The topological polar surface area (TPSA) is 72.7 Å². The van der Waals surface area contributed by atoms with Gasteiger partial charge >= 0.3 is 5.97 Å². The molecule has 6 nitrogen and oxygen atoms in total. The second-order valence-electron chi connectivity index (χ2n) is 7.20. The first-order chi connectivity index (χ1) is 15.4. The van der Waals surface area contributed by atoms with Crippen LogP contribution < -0.4 is 5.32 Å². The monoisotopic (exact) mass is 451 g/mol. The average Bonchev–Trinajstić information content (AvgIpc) is 3.33. The van der Waals surface area contributed by atoms with Crippen molar-refractivity contribution < 1.29 is 18.7 Å². The van der Waals surface area contributed by atoms with Gasteiger partial charge in [0.05, 0.1) is 12.3 Å². The summed E-state index contributed by atoms with van der Waals surface area (Å²) in [4.78, 5) is 30.3. The molecule has 1 N–H and O–H groups in total. The molecule has 164 valence electrons. The van der Waals surface area contributed by atoms with Crippen LogP contribution in [-0.2, 0) is 11.2 Å². The van der Waals surface area contributed by atoms with Crippen molar-refractivity contribution in [3.05, 3.63) is 76.3 Å². The van der Waals surface area contributed by atoms with Crippen molar-refractivity contribution in [3.63, 3.8) is 0 Å². The van der Waals surface area contributed by atoms with Gasteiger partial charge in [0.1, 0.15) is 27.7 Å². The summed E-state index contributed by atoms with van der Waals surface area (Å²) in [6, 6.07) is 10.7. The fraction of sp³-hybridized carbons (Fsp3) is 0.208. The summed E-state index contributed by atoms with van der Waals surface area (Å²) >= 11 is 1.24. The van der Waals surface area contributed by atoms with Crippen LogP contribution in [0, 0.1) is 12.7 Å². The van der Waals surface area contributed by atoms with E-state index >= 15 is 0 Å². The highest BCUT2D eigenvalue weighted by Crippen LogP contribution is 2.37. The molecule has 0 atom stereocenters. The summed E-state index contributed by atoms with van der Waals surface area (Å²) in [6.07, 6.45) is 2.13. The van der Waals surface area contributed by atoms with Gasteiger partial charge in [-0.2, -0.15) is 0 Å². The van der Waals surface area contributed by atoms with Crippen molar-refractivity contribution in [1.82, 2.24) is 9.38 Å². The van der Waals surface area contributed by atoms with Crippen molar-refractivity contribution >= 4 is 33.9 Å². The number of benzene rings is 1. The summed E-state index contributed by atoms with van der Waals surface area (Å²) < 4.78 is 20.4. The smallest absolute Gasteiger partial charge is 0.341 e. The summed E-state index contributed by atoms with van der Waals surface area (Å²) in [5, 5.41) is 5.01. The number of rotatable bonds is 6. The van der Waals surface area contributed by atoms with Gasteiger partial charge in [0.15, 0.2) is 0 Å². The van der Waals surface area contributed by atoms with Crippen LogP contribution in [0.3, 0.4) is 0 Å². The number of halogens is 1. The van der Waals surface area contributed by atoms with E-state index < -0.39 is 17.7 Å². The molecule has 4 rings (SSSR count). The summed E-state index contributed by atoms with van der Waals surface area (Å²) in [7, 11) is 0. The van der Waals surface area contributed by atoms with Crippen LogP contribution in [0.2, 0.25) is 0 Å². The van der Waals surface area contributed by atoms with Crippen molar-refractivity contribution in [3.8, 4) is 11.1 Å². The lowest BCUT2D eigenvalue weighted by atomic mass is 10.0. The quantitative estimate of drug-likeness (QED) is 0.393. The normalized spacial score (nSPS) is 11.0. The Bertz CT molecular complexity index is 1310. The number of carbonyl (C=O) groups excluding carboxylic acids is 2. The van der Waals surface area contributed by atoms with Crippen LogP contribution in [0.4, 0.5) is 9.39 Å². The number of aromatic nitrogens is 2. The lowest BCUT2D eigenvalue weighted by Gasteiger charge is -2.09. The Labute approximate surface area is 188 Å². The number of aryl methyl sites for hydroxylation is 2. The molecule has 0 unspecified atom stereocenters. The summed E-state index contributed by atoms with van der Waals surface area (Å²) in [5.74, 6) is -1.48. The number of hydrogen-bond acceptors (Lipinski definition) is 5. The minimum atomic E-state index is -0.514. The number of imidazole rings is 1. The Morgan fingerprint density at radius 1 is 1.16 bits per heavy atom. The van der Waals surface area contributed by atoms with E-state index in [9.17, 15) is 14.0 Å². The molecule has 1 aromatic carbocycles. The fourth-order valence-electron chi connectivity index (χ4n) is 3.56. The summed E-state index contributed by atoms with van der Waals surface area (Å²) in [5.41, 5.74) is 4.15. The van der Waals surface area contributed by atoms with Gasteiger partial charge in [-0.15, -0.1) is 11.3 Å². The number of pyridine rings is 1. The highest BCUT2D eigenvalue weighted by atomic mass is 32.1. The lowest BCUT2D eigenvalue weighted by molar-refractivity contribution is 0.0529. The number of carbonyl (C=O) groups is 2. The van der Waals surface area contributed by atoms with E-state index in [1.165, 1.54) is 39.6 Å². The van der Waals surface area contributed by atoms with Crippen molar-refractivity contribution in [2.24, 2.45) is 0 Å². The van der Waals surface area contributed by atoms with E-state index in [0.717, 1.165) is 12.0 Å². The molecule has 0 radical (unpaired) electrons. The molecule has 3 heterocycles. The zero-order valence-corrected chi connectivity index (χ0v) is 18.8. The van der Waals surface area contributed by atoms with Crippen LogP contribution in [0.5, 0.6) is 0 Å². The highest BCUT2D eigenvalue weighted by molar-refractivity contribution is 7.15. The molecule has 3 aromatic heterocycles. The number of anilines is 1. The molecular formula is C24H22FN3O3S. The van der Waals surface area contributed by atoms with E-state index in [1.807, 2.05) is 29.6 Å². The van der Waals surface area contributed by atoms with Gasteiger partial charge in [-0.1, -0.05) is 31.2 Å². The second kappa shape index (κ2) is 8.92. The maximum Gasteiger partial charge on any atom is 0.341 e. The first kappa shape index (κ1) is 21.7. The van der Waals surface area contributed by atoms with Gasteiger partial charge < -0.3 is 10.1 Å². The third kappa shape index (κ3) is 4.01. The van der Waals surface area contributed by atoms with Crippen LogP contribution in [0.1, 0.15) is 46.0 Å². The highest BCUT2D eigenvalue weighted by Gasteiger charge is 2.25. The molecule has 4 aromatic rings. The zero-order chi connectivity index (χ0) is 22.8. The fourth-order valence-corrected chi connectivity index (χ4v) is 4.51. The molecule has 0 aliphatic rings. The first-order valence-electron chi connectivity index (χ1n) is 10.3. The van der Waals surface area contributed by atoms with Crippen LogP contribution in [0.25, 0.3) is 16.8 Å². The maximum absolute atomic E-state index is 13.8. The van der Waals surface area contributed by atoms with Gasteiger partial charge in [-0.05, 0) is 43.5 Å². The second-order valence-corrected chi connectivity index (χ2v) is 8.08. The number of nitrogens with one attached hydrogen (secondary N) is 1. The van der Waals surface area contributed by atoms with Gasteiger partial charge in [0.2, 0.25) is 0 Å². The van der Waals surface area contributed by atoms with Crippen LogP contribution in [0.15, 0.2) is 48.0 Å². The Morgan fingerprint density at radius 3 is 2.59 bits per heavy atom. The van der Waals surface area contributed by atoms with Gasteiger partial charge in [0, 0.05) is 17.1 Å². The molecule has 0 saturated heterocycles. The van der Waals surface area contributed by atoms with Crippen LogP contribution >= 0.6 is 11.3 Å². The standard InChI is InChI=1S/C24H22FN3O3S/c1-4-15-6-8-16(9-7-15)18-13-32-23(20(18)24(30)31-5-2)27-22(29)21-14(3)26-19-11-10-17(25)12-28(19)21/h6-13H,4-5H2,1-3H3,(H,27,29). The number of esters is 1. The Kier molecular flexibility index (Phi) is 6.05. The molecule has 1 amide bonds. The molecule has 8 heteroatoms. The van der Waals surface area contributed by atoms with E-state index in [0.29, 0.717) is 27.5 Å². The largest absolute Gasteiger partial charge is 0.462 e. The van der Waals surface area contributed by atoms with E-state index in [2.05, 4.69) is 17.2 Å². The number of nitrogens with zero attached hydrogens (tertiary/aromatic N) is 2. The maximum atomic E-state index is 13.8. The average molecular weight is 452 g/mol. The van der Waals surface area contributed by atoms with E-state index in [-0.39, 0.29) is 12.3 Å². The van der Waals surface area contributed by atoms with Crippen molar-refractivity contribution in [2.45, 2.75) is 27.2 Å². The number of ether oxygens (including phenoxy) is 1. The SMILES string of the molecule is CCOC(=O)c1c(-c2ccc(CC)cc2)csc1NC(=O)c1c(C)nc2ccc(F)cn12. The Balaban J connectivity index is 1.74. The van der Waals surface area contributed by atoms with Gasteiger partial charge in [0.25, 0.3) is 5.91 Å². The predicted octanol–water partition coefficient (Wildman–Crippen LogP) is 5.50. The third-order valence-electron chi connectivity index (χ3n) is 5.14. The molecule has 0 fully saturated rings. The Hall–Kier alpha value is -3.52. The van der Waals surface area contributed by atoms with Crippen molar-refractivity contribution in [1.29, 1.82) is 0 Å². The first-order valence-corrected chi connectivity index (χ1v) is 11.1. The molecule has 0 spiro atoms. The molecule has 32 heavy (non-hydrogen) atoms. The Morgan fingerprint density at radius 2 is 1.91 bits per heavy atom. The lowest BCUT2D eigenvalue weighted by Crippen LogP contribution is -2.17. The summed E-state index contributed by atoms with van der Waals surface area (Å²) in [6.45, 7) is 5.70. The number of hydrogen-bond donors (Lipinski definition) is 1.